The number of rotatable bonds is 6. The molecule has 0 aromatic rings. The van der Waals surface area contributed by atoms with Gasteiger partial charge in [0.2, 0.25) is 0 Å². The Balaban J connectivity index is 4.09. The molecule has 1 atom stereocenters. The van der Waals surface area contributed by atoms with Gasteiger partial charge in [0.25, 0.3) is 0 Å². The van der Waals surface area contributed by atoms with Crippen LogP contribution in [0.2, 0.25) is 0 Å². The van der Waals surface area contributed by atoms with E-state index in [1.54, 1.807) is 0 Å². The van der Waals surface area contributed by atoms with E-state index in [1.807, 2.05) is 0 Å². The highest BCUT2D eigenvalue weighted by Crippen LogP contribution is 2.23. The first-order valence-electron chi connectivity index (χ1n) is 5.35. The third-order valence-corrected chi connectivity index (χ3v) is 2.86. The summed E-state index contributed by atoms with van der Waals surface area (Å²) in [5.41, 5.74) is 6.11. The normalized spacial score (nSPS) is 16.6. The standard InChI is InChI=1S/C11H26N2/c1-6-7-11(4,8-12)9-13(5)10(2)3/h10H,6-9,12H2,1-5H3. The molecule has 0 amide bonds. The van der Waals surface area contributed by atoms with E-state index in [4.69, 9.17) is 5.73 Å². The highest BCUT2D eigenvalue weighted by Gasteiger charge is 2.23. The van der Waals surface area contributed by atoms with Crippen LogP contribution in [0.1, 0.15) is 40.5 Å². The Morgan fingerprint density at radius 2 is 1.92 bits per heavy atom. The van der Waals surface area contributed by atoms with Crippen LogP contribution in [0.3, 0.4) is 0 Å². The molecule has 0 aliphatic rings. The number of nitrogens with two attached hydrogens (primary N) is 1. The lowest BCUT2D eigenvalue weighted by atomic mass is 9.85. The number of nitrogens with zero attached hydrogens (tertiary/aromatic N) is 1. The molecule has 0 aliphatic heterocycles. The third kappa shape index (κ3) is 4.63. The zero-order valence-electron chi connectivity index (χ0n) is 9.93. The maximum atomic E-state index is 5.81. The molecule has 0 rings (SSSR count). The van der Waals surface area contributed by atoms with E-state index in [-0.39, 0.29) is 0 Å². The van der Waals surface area contributed by atoms with Crippen LogP contribution in [-0.2, 0) is 0 Å². The summed E-state index contributed by atoms with van der Waals surface area (Å²) >= 11 is 0. The minimum Gasteiger partial charge on any atom is -0.330 e. The minimum atomic E-state index is 0.299. The Morgan fingerprint density at radius 1 is 1.38 bits per heavy atom. The molecule has 0 aliphatic carbocycles. The monoisotopic (exact) mass is 186 g/mol. The zero-order chi connectivity index (χ0) is 10.5. The summed E-state index contributed by atoms with van der Waals surface area (Å²) in [7, 11) is 2.17. The Bertz CT molecular complexity index is 134. The van der Waals surface area contributed by atoms with Crippen molar-refractivity contribution >= 4 is 0 Å². The van der Waals surface area contributed by atoms with Gasteiger partial charge in [0.05, 0.1) is 0 Å². The highest BCUT2D eigenvalue weighted by atomic mass is 15.1. The molecule has 0 saturated carbocycles. The van der Waals surface area contributed by atoms with Crippen molar-refractivity contribution in [3.05, 3.63) is 0 Å². The molecule has 13 heavy (non-hydrogen) atoms. The van der Waals surface area contributed by atoms with Gasteiger partial charge in [0, 0.05) is 12.6 Å². The van der Waals surface area contributed by atoms with Crippen LogP contribution in [0.5, 0.6) is 0 Å². The maximum absolute atomic E-state index is 5.81. The Labute approximate surface area is 83.5 Å². The largest absolute Gasteiger partial charge is 0.330 e. The predicted molar refractivity (Wildman–Crippen MR) is 59.8 cm³/mol. The Hall–Kier alpha value is -0.0800. The molecule has 0 fully saturated rings. The summed E-state index contributed by atoms with van der Waals surface area (Å²) in [5.74, 6) is 0. The quantitative estimate of drug-likeness (QED) is 0.688. The van der Waals surface area contributed by atoms with Crippen LogP contribution in [0.4, 0.5) is 0 Å². The van der Waals surface area contributed by atoms with Crippen LogP contribution in [0.15, 0.2) is 0 Å². The van der Waals surface area contributed by atoms with Gasteiger partial charge in [0.1, 0.15) is 0 Å². The SMILES string of the molecule is CCCC(C)(CN)CN(C)C(C)C. The van der Waals surface area contributed by atoms with Crippen LogP contribution >= 0.6 is 0 Å². The minimum absolute atomic E-state index is 0.299. The zero-order valence-corrected chi connectivity index (χ0v) is 9.93. The molecule has 2 N–H and O–H groups in total. The molecule has 0 aromatic heterocycles. The topological polar surface area (TPSA) is 29.3 Å². The van der Waals surface area contributed by atoms with Gasteiger partial charge in [-0.25, -0.2) is 0 Å². The van der Waals surface area contributed by atoms with E-state index in [2.05, 4.69) is 39.6 Å². The van der Waals surface area contributed by atoms with Crippen LogP contribution in [0, 0.1) is 5.41 Å². The smallest absolute Gasteiger partial charge is 0.00471 e. The molecular weight excluding hydrogens is 160 g/mol. The van der Waals surface area contributed by atoms with Gasteiger partial charge >= 0.3 is 0 Å². The average molecular weight is 186 g/mol. The lowest BCUT2D eigenvalue weighted by Crippen LogP contribution is -2.41. The summed E-state index contributed by atoms with van der Waals surface area (Å²) in [6, 6.07) is 0.614. The third-order valence-electron chi connectivity index (χ3n) is 2.86. The lowest BCUT2D eigenvalue weighted by Gasteiger charge is -2.34. The van der Waals surface area contributed by atoms with Crippen LogP contribution in [-0.4, -0.2) is 31.1 Å². The number of hydrogen-bond acceptors (Lipinski definition) is 2. The van der Waals surface area contributed by atoms with Crippen molar-refractivity contribution in [3.8, 4) is 0 Å². The van der Waals surface area contributed by atoms with Crippen molar-refractivity contribution in [2.45, 2.75) is 46.6 Å². The molecule has 2 nitrogen and oxygen atoms in total. The molecule has 80 valence electrons. The van der Waals surface area contributed by atoms with E-state index in [1.165, 1.54) is 12.8 Å². The molecule has 0 spiro atoms. The second-order valence-electron chi connectivity index (χ2n) is 4.77. The molecule has 0 radical (unpaired) electrons. The first kappa shape index (κ1) is 12.9. The fourth-order valence-corrected chi connectivity index (χ4v) is 1.63. The van der Waals surface area contributed by atoms with E-state index in [0.29, 0.717) is 11.5 Å². The van der Waals surface area contributed by atoms with Gasteiger partial charge in [0.15, 0.2) is 0 Å². The van der Waals surface area contributed by atoms with Crippen molar-refractivity contribution < 1.29 is 0 Å². The second-order valence-corrected chi connectivity index (χ2v) is 4.77. The molecule has 0 aromatic carbocycles. The molecule has 0 saturated heterocycles. The molecule has 0 heterocycles. The van der Waals surface area contributed by atoms with Crippen LogP contribution < -0.4 is 5.73 Å². The summed E-state index contributed by atoms with van der Waals surface area (Å²) in [6.07, 6.45) is 2.44. The predicted octanol–water partition coefficient (Wildman–Crippen LogP) is 2.09. The van der Waals surface area contributed by atoms with E-state index < -0.39 is 0 Å². The van der Waals surface area contributed by atoms with Gasteiger partial charge in [-0.05, 0) is 39.3 Å². The lowest BCUT2D eigenvalue weighted by molar-refractivity contribution is 0.157. The maximum Gasteiger partial charge on any atom is 0.00471 e. The summed E-state index contributed by atoms with van der Waals surface area (Å²) in [5, 5.41) is 0. The van der Waals surface area contributed by atoms with Gasteiger partial charge in [-0.1, -0.05) is 20.3 Å². The summed E-state index contributed by atoms with van der Waals surface area (Å²) < 4.78 is 0. The fraction of sp³-hybridized carbons (Fsp3) is 1.00. The van der Waals surface area contributed by atoms with Crippen LogP contribution in [0.25, 0.3) is 0 Å². The van der Waals surface area contributed by atoms with E-state index in [0.717, 1.165) is 13.1 Å². The van der Waals surface area contributed by atoms with E-state index >= 15 is 0 Å². The average Bonchev–Trinajstić information content (AvgIpc) is 2.04. The first-order chi connectivity index (χ1) is 5.95. The van der Waals surface area contributed by atoms with Crippen molar-refractivity contribution in [2.24, 2.45) is 11.1 Å². The Kier molecular flexibility index (Phi) is 5.57. The van der Waals surface area contributed by atoms with Crippen molar-refractivity contribution in [1.82, 2.24) is 4.90 Å². The van der Waals surface area contributed by atoms with E-state index in [9.17, 15) is 0 Å². The molecule has 1 unspecified atom stereocenters. The van der Waals surface area contributed by atoms with Crippen molar-refractivity contribution in [2.75, 3.05) is 20.1 Å². The van der Waals surface area contributed by atoms with Crippen molar-refractivity contribution in [1.29, 1.82) is 0 Å². The second kappa shape index (κ2) is 5.61. The highest BCUT2D eigenvalue weighted by molar-refractivity contribution is 4.79. The van der Waals surface area contributed by atoms with Gasteiger partial charge in [-0.15, -0.1) is 0 Å². The molecule has 0 bridgehead atoms. The van der Waals surface area contributed by atoms with Gasteiger partial charge in [-0.3, -0.25) is 0 Å². The molecule has 2 heteroatoms. The Morgan fingerprint density at radius 3 is 2.23 bits per heavy atom. The van der Waals surface area contributed by atoms with Crippen molar-refractivity contribution in [3.63, 3.8) is 0 Å². The molecular formula is C11H26N2. The van der Waals surface area contributed by atoms with Gasteiger partial charge < -0.3 is 10.6 Å². The number of hydrogen-bond donors (Lipinski definition) is 1. The first-order valence-corrected chi connectivity index (χ1v) is 5.35. The summed E-state index contributed by atoms with van der Waals surface area (Å²) in [6.45, 7) is 10.9. The summed E-state index contributed by atoms with van der Waals surface area (Å²) in [4.78, 5) is 2.38. The fourth-order valence-electron chi connectivity index (χ4n) is 1.63. The van der Waals surface area contributed by atoms with Gasteiger partial charge in [-0.2, -0.15) is 0 Å².